The highest BCUT2D eigenvalue weighted by Gasteiger charge is 2.21. The number of rotatable bonds is 14. The third kappa shape index (κ3) is 11.8. The van der Waals surface area contributed by atoms with E-state index in [2.05, 4.69) is 0 Å². The molecule has 0 heterocycles. The summed E-state index contributed by atoms with van der Waals surface area (Å²) in [4.78, 5) is 51.4. The fraction of sp³-hybridized carbons (Fsp3) is 0.0222. The SMILES string of the molecule is O=C(Oc1ccc(/C=C/S(=O)(=O)CS(=O)(=O)/C=C/c2ccc(OC(=O)c3ccccc3)c(OC(=O)c3ccccc3)c2)cc1OC(=O)c1ccccc1)c1ccccc1. The van der Waals surface area contributed by atoms with Gasteiger partial charge < -0.3 is 18.9 Å². The third-order valence-electron chi connectivity index (χ3n) is 8.05. The lowest BCUT2D eigenvalue weighted by Crippen LogP contribution is -2.13. The molecule has 0 atom stereocenters. The fourth-order valence-electron chi connectivity index (χ4n) is 5.19. The lowest BCUT2D eigenvalue weighted by molar-refractivity contribution is 0.0682. The number of benzene rings is 6. The molecule has 59 heavy (non-hydrogen) atoms. The van der Waals surface area contributed by atoms with E-state index in [0.29, 0.717) is 10.8 Å². The highest BCUT2D eigenvalue weighted by atomic mass is 32.3. The minimum Gasteiger partial charge on any atom is -0.419 e. The van der Waals surface area contributed by atoms with Crippen LogP contribution in [0.4, 0.5) is 0 Å². The summed E-state index contributed by atoms with van der Waals surface area (Å²) in [7, 11) is -8.85. The van der Waals surface area contributed by atoms with Gasteiger partial charge in [0.05, 0.1) is 22.3 Å². The molecule has 296 valence electrons. The van der Waals surface area contributed by atoms with Gasteiger partial charge in [-0.1, -0.05) is 84.9 Å². The van der Waals surface area contributed by atoms with E-state index in [0.717, 1.165) is 12.2 Å². The van der Waals surface area contributed by atoms with E-state index in [9.17, 15) is 36.0 Å². The van der Waals surface area contributed by atoms with Crippen molar-refractivity contribution in [3.05, 3.63) is 202 Å². The predicted molar refractivity (Wildman–Crippen MR) is 219 cm³/mol. The number of hydrogen-bond acceptors (Lipinski definition) is 12. The summed E-state index contributed by atoms with van der Waals surface area (Å²) in [6, 6.07) is 40.0. The topological polar surface area (TPSA) is 173 Å². The van der Waals surface area contributed by atoms with E-state index >= 15 is 0 Å². The number of ether oxygens (including phenoxy) is 4. The second-order valence-electron chi connectivity index (χ2n) is 12.5. The normalized spacial score (nSPS) is 11.5. The molecule has 14 heteroatoms. The van der Waals surface area contributed by atoms with Crippen LogP contribution in [0.25, 0.3) is 12.2 Å². The molecule has 0 aliphatic rings. The molecule has 0 fully saturated rings. The molecule has 0 amide bonds. The van der Waals surface area contributed by atoms with Crippen molar-refractivity contribution < 1.29 is 55.0 Å². The Balaban J connectivity index is 1.19. The van der Waals surface area contributed by atoms with E-state index in [1.54, 1.807) is 72.8 Å². The lowest BCUT2D eigenvalue weighted by atomic mass is 10.2. The van der Waals surface area contributed by atoms with E-state index in [1.807, 2.05) is 0 Å². The van der Waals surface area contributed by atoms with Crippen LogP contribution >= 0.6 is 0 Å². The summed E-state index contributed by atoms with van der Waals surface area (Å²) in [5.74, 6) is -3.69. The molecule has 0 spiro atoms. The molecule has 0 saturated heterocycles. The maximum atomic E-state index is 13.1. The molecule has 0 radical (unpaired) electrons. The van der Waals surface area contributed by atoms with Crippen molar-refractivity contribution in [1.82, 2.24) is 0 Å². The molecular formula is C45H32O12S2. The molecule has 6 aromatic rings. The quantitative estimate of drug-likeness (QED) is 0.0766. The maximum Gasteiger partial charge on any atom is 0.343 e. The van der Waals surface area contributed by atoms with Crippen LogP contribution in [0.2, 0.25) is 0 Å². The minimum absolute atomic E-state index is 0.128. The first-order valence-corrected chi connectivity index (χ1v) is 21.0. The fourth-order valence-corrected chi connectivity index (χ4v) is 8.38. The van der Waals surface area contributed by atoms with Gasteiger partial charge in [0.1, 0.15) is 0 Å². The van der Waals surface area contributed by atoms with Crippen LogP contribution in [0.5, 0.6) is 23.0 Å². The van der Waals surface area contributed by atoms with Crippen molar-refractivity contribution in [2.45, 2.75) is 0 Å². The summed E-state index contributed by atoms with van der Waals surface area (Å²) in [6.07, 6.45) is 2.19. The van der Waals surface area contributed by atoms with Gasteiger partial charge in [0, 0.05) is 10.8 Å². The van der Waals surface area contributed by atoms with Crippen LogP contribution in [-0.4, -0.2) is 45.8 Å². The van der Waals surface area contributed by atoms with Gasteiger partial charge in [-0.05, 0) is 96.1 Å². The Morgan fingerprint density at radius 1 is 0.373 bits per heavy atom. The molecule has 0 unspecified atom stereocenters. The Kier molecular flexibility index (Phi) is 13.1. The monoisotopic (exact) mass is 828 g/mol. The average molecular weight is 829 g/mol. The summed E-state index contributed by atoms with van der Waals surface area (Å²) in [5, 5.41) is 0.0463. The molecular weight excluding hydrogens is 797 g/mol. The summed E-state index contributed by atoms with van der Waals surface area (Å²) in [5.41, 5.74) is 1.19. The zero-order chi connectivity index (χ0) is 41.8. The Hall–Kier alpha value is -7.42. The average Bonchev–Trinajstić information content (AvgIpc) is 3.24. The largest absolute Gasteiger partial charge is 0.419 e. The van der Waals surface area contributed by atoms with Crippen molar-refractivity contribution in [2.75, 3.05) is 5.08 Å². The highest BCUT2D eigenvalue weighted by molar-refractivity contribution is 8.10. The first-order chi connectivity index (χ1) is 28.3. The van der Waals surface area contributed by atoms with Crippen molar-refractivity contribution >= 4 is 55.7 Å². The summed E-state index contributed by atoms with van der Waals surface area (Å²) < 4.78 is 74.3. The van der Waals surface area contributed by atoms with Crippen molar-refractivity contribution in [3.8, 4) is 23.0 Å². The van der Waals surface area contributed by atoms with Crippen molar-refractivity contribution in [1.29, 1.82) is 0 Å². The third-order valence-corrected chi connectivity index (χ3v) is 11.8. The molecule has 0 aliphatic carbocycles. The van der Waals surface area contributed by atoms with Gasteiger partial charge >= 0.3 is 23.9 Å². The molecule has 6 rings (SSSR count). The minimum atomic E-state index is -4.43. The molecule has 6 aromatic carbocycles. The number of carbonyl (C=O) groups is 4. The van der Waals surface area contributed by atoms with Crippen LogP contribution in [0.3, 0.4) is 0 Å². The molecule has 12 nitrogen and oxygen atoms in total. The predicted octanol–water partition coefficient (Wildman–Crippen LogP) is 7.99. The zero-order valence-corrected chi connectivity index (χ0v) is 32.4. The van der Waals surface area contributed by atoms with E-state index in [1.165, 1.54) is 84.9 Å². The molecule has 0 aromatic heterocycles. The van der Waals surface area contributed by atoms with Gasteiger partial charge in [0.25, 0.3) is 0 Å². The Bertz CT molecular complexity index is 2580. The lowest BCUT2D eigenvalue weighted by Gasteiger charge is -2.12. The first kappa shape index (κ1) is 41.2. The molecule has 0 aliphatic heterocycles. The van der Waals surface area contributed by atoms with Gasteiger partial charge in [-0.25, -0.2) is 36.0 Å². The zero-order valence-electron chi connectivity index (χ0n) is 30.7. The molecule has 0 saturated carbocycles. The van der Waals surface area contributed by atoms with Crippen molar-refractivity contribution in [2.24, 2.45) is 0 Å². The van der Waals surface area contributed by atoms with E-state index in [-0.39, 0.29) is 56.4 Å². The Labute approximate surface area is 339 Å². The van der Waals surface area contributed by atoms with Gasteiger partial charge in [0.2, 0.25) is 0 Å². The van der Waals surface area contributed by atoms with Crippen LogP contribution < -0.4 is 18.9 Å². The summed E-state index contributed by atoms with van der Waals surface area (Å²) >= 11 is 0. The van der Waals surface area contributed by atoms with Crippen LogP contribution in [0.15, 0.2) is 169 Å². The number of hydrogen-bond donors (Lipinski definition) is 0. The van der Waals surface area contributed by atoms with Crippen LogP contribution in [0.1, 0.15) is 52.6 Å². The van der Waals surface area contributed by atoms with Gasteiger partial charge in [-0.15, -0.1) is 0 Å². The summed E-state index contributed by atoms with van der Waals surface area (Å²) in [6.45, 7) is 0. The molecule has 0 bridgehead atoms. The standard InChI is InChI=1S/C45H32O12S2/c46-42(34-13-5-1-6-14-34)54-38-23-21-32(29-40(38)56-44(48)36-17-9-3-10-18-36)25-27-58(50,51)31-59(52,53)28-26-33-22-24-39(55-43(47)35-15-7-2-8-16-35)41(30-33)57-45(49)37-19-11-4-12-20-37/h1-30H,31H2/b27-25+,28-26+. The second-order valence-corrected chi connectivity index (χ2v) is 16.6. The number of carbonyl (C=O) groups excluding carboxylic acids is 4. The Morgan fingerprint density at radius 3 is 0.932 bits per heavy atom. The van der Waals surface area contributed by atoms with Crippen LogP contribution in [0, 0.1) is 0 Å². The van der Waals surface area contributed by atoms with Gasteiger partial charge in [-0.3, -0.25) is 0 Å². The van der Waals surface area contributed by atoms with Gasteiger partial charge in [0.15, 0.2) is 47.8 Å². The van der Waals surface area contributed by atoms with E-state index < -0.39 is 48.6 Å². The maximum absolute atomic E-state index is 13.1. The number of sulfone groups is 2. The van der Waals surface area contributed by atoms with Crippen LogP contribution in [-0.2, 0) is 19.7 Å². The Morgan fingerprint density at radius 2 is 0.644 bits per heavy atom. The van der Waals surface area contributed by atoms with E-state index in [4.69, 9.17) is 18.9 Å². The first-order valence-electron chi connectivity index (χ1n) is 17.5. The van der Waals surface area contributed by atoms with Gasteiger partial charge in [-0.2, -0.15) is 0 Å². The molecule has 0 N–H and O–H groups in total. The number of esters is 4. The smallest absolute Gasteiger partial charge is 0.343 e. The highest BCUT2D eigenvalue weighted by Crippen LogP contribution is 2.32. The van der Waals surface area contributed by atoms with Crippen molar-refractivity contribution in [3.63, 3.8) is 0 Å². The second kappa shape index (κ2) is 18.7.